The Labute approximate surface area is 180 Å². The average Bonchev–Trinajstić information content (AvgIpc) is 3.47. The summed E-state index contributed by atoms with van der Waals surface area (Å²) in [4.78, 5) is 31.4. The molecular formula is C22H28N6O3. The lowest BCUT2D eigenvalue weighted by atomic mass is 9.82. The zero-order valence-corrected chi connectivity index (χ0v) is 17.5. The number of tetrazole rings is 1. The predicted molar refractivity (Wildman–Crippen MR) is 112 cm³/mol. The smallest absolute Gasteiger partial charge is 0.255 e. The number of nitrogens with one attached hydrogen (secondary N) is 1. The SMILES string of the molecule is O=C(c1ccccc1-c1nn[nH]n1)N1CCCC12CCCN(C1CCC(O)CC1)C2=O. The molecule has 2 aliphatic heterocycles. The molecule has 3 aliphatic rings. The van der Waals surface area contributed by atoms with Crippen molar-refractivity contribution in [3.8, 4) is 11.4 Å². The molecule has 1 spiro atoms. The molecule has 1 aromatic carbocycles. The molecule has 2 N–H and O–H groups in total. The second-order valence-electron chi connectivity index (χ2n) is 8.94. The molecule has 0 radical (unpaired) electrons. The van der Waals surface area contributed by atoms with E-state index in [-0.39, 0.29) is 24.0 Å². The van der Waals surface area contributed by atoms with Crippen LogP contribution in [-0.4, -0.2) is 78.1 Å². The van der Waals surface area contributed by atoms with Gasteiger partial charge in [-0.15, -0.1) is 10.2 Å². The van der Waals surface area contributed by atoms with Gasteiger partial charge in [0.1, 0.15) is 5.54 Å². The summed E-state index contributed by atoms with van der Waals surface area (Å²) in [7, 11) is 0. The minimum atomic E-state index is -0.768. The number of benzene rings is 1. The van der Waals surface area contributed by atoms with Crippen LogP contribution in [0.1, 0.15) is 61.7 Å². The van der Waals surface area contributed by atoms with E-state index in [9.17, 15) is 14.7 Å². The van der Waals surface area contributed by atoms with Crippen LogP contribution in [0.2, 0.25) is 0 Å². The fourth-order valence-electron chi connectivity index (χ4n) is 5.68. The van der Waals surface area contributed by atoms with E-state index in [1.165, 1.54) is 0 Å². The van der Waals surface area contributed by atoms with Gasteiger partial charge in [0.05, 0.1) is 11.7 Å². The number of amides is 2. The number of aliphatic hydroxyl groups is 1. The highest BCUT2D eigenvalue weighted by Crippen LogP contribution is 2.41. The fraction of sp³-hybridized carbons (Fsp3) is 0.591. The number of carbonyl (C=O) groups excluding carboxylic acids is 2. The Balaban J connectivity index is 1.44. The van der Waals surface area contributed by atoms with Crippen LogP contribution in [0.25, 0.3) is 11.4 Å². The lowest BCUT2D eigenvalue weighted by Crippen LogP contribution is -2.63. The van der Waals surface area contributed by atoms with Crippen molar-refractivity contribution in [3.63, 3.8) is 0 Å². The highest BCUT2D eigenvalue weighted by atomic mass is 16.3. The number of carbonyl (C=O) groups is 2. The van der Waals surface area contributed by atoms with Crippen LogP contribution in [0, 0.1) is 0 Å². The molecule has 1 aromatic heterocycles. The Morgan fingerprint density at radius 3 is 2.58 bits per heavy atom. The van der Waals surface area contributed by atoms with Crippen molar-refractivity contribution in [2.75, 3.05) is 13.1 Å². The van der Waals surface area contributed by atoms with Gasteiger partial charge in [0.2, 0.25) is 11.7 Å². The largest absolute Gasteiger partial charge is 0.393 e. The third-order valence-corrected chi connectivity index (χ3v) is 7.23. The molecule has 1 unspecified atom stereocenters. The first-order valence-electron chi connectivity index (χ1n) is 11.2. The summed E-state index contributed by atoms with van der Waals surface area (Å²) in [6, 6.07) is 7.41. The van der Waals surface area contributed by atoms with Gasteiger partial charge in [0.15, 0.2) is 0 Å². The second kappa shape index (κ2) is 8.03. The summed E-state index contributed by atoms with van der Waals surface area (Å²) in [6.45, 7) is 1.31. The predicted octanol–water partition coefficient (Wildman–Crippen LogP) is 1.77. The van der Waals surface area contributed by atoms with Gasteiger partial charge in [-0.1, -0.05) is 18.2 Å². The van der Waals surface area contributed by atoms with Gasteiger partial charge in [0, 0.05) is 24.7 Å². The number of H-pyrrole nitrogens is 1. The molecule has 3 heterocycles. The molecule has 0 bridgehead atoms. The van der Waals surface area contributed by atoms with Crippen LogP contribution in [0.15, 0.2) is 24.3 Å². The number of aliphatic hydroxyl groups excluding tert-OH is 1. The van der Waals surface area contributed by atoms with Crippen molar-refractivity contribution >= 4 is 11.8 Å². The molecule has 9 nitrogen and oxygen atoms in total. The molecule has 31 heavy (non-hydrogen) atoms. The lowest BCUT2D eigenvalue weighted by molar-refractivity contribution is -0.149. The summed E-state index contributed by atoms with van der Waals surface area (Å²) >= 11 is 0. The molecule has 164 valence electrons. The molecule has 9 heteroatoms. The quantitative estimate of drug-likeness (QED) is 0.776. The molecule has 2 saturated heterocycles. The number of rotatable bonds is 3. The van der Waals surface area contributed by atoms with E-state index in [0.717, 1.165) is 45.1 Å². The molecule has 3 fully saturated rings. The molecule has 5 rings (SSSR count). The first-order valence-corrected chi connectivity index (χ1v) is 11.2. The van der Waals surface area contributed by atoms with Crippen LogP contribution in [0.5, 0.6) is 0 Å². The van der Waals surface area contributed by atoms with E-state index in [2.05, 4.69) is 20.6 Å². The second-order valence-corrected chi connectivity index (χ2v) is 8.94. The third-order valence-electron chi connectivity index (χ3n) is 7.23. The molecule has 1 saturated carbocycles. The highest BCUT2D eigenvalue weighted by Gasteiger charge is 2.54. The monoisotopic (exact) mass is 424 g/mol. The minimum absolute atomic E-state index is 0.0861. The number of likely N-dealkylation sites (tertiary alicyclic amines) is 2. The minimum Gasteiger partial charge on any atom is -0.393 e. The average molecular weight is 425 g/mol. The maximum Gasteiger partial charge on any atom is 0.255 e. The van der Waals surface area contributed by atoms with E-state index in [0.29, 0.717) is 36.3 Å². The van der Waals surface area contributed by atoms with Crippen molar-refractivity contribution in [2.24, 2.45) is 0 Å². The van der Waals surface area contributed by atoms with Crippen LogP contribution in [-0.2, 0) is 4.79 Å². The van der Waals surface area contributed by atoms with Crippen molar-refractivity contribution in [3.05, 3.63) is 29.8 Å². The van der Waals surface area contributed by atoms with E-state index < -0.39 is 5.54 Å². The summed E-state index contributed by atoms with van der Waals surface area (Å²) in [6.07, 6.45) is 6.00. The van der Waals surface area contributed by atoms with Crippen LogP contribution < -0.4 is 0 Å². The Hall–Kier alpha value is -2.81. The summed E-state index contributed by atoms with van der Waals surface area (Å²) in [5.74, 6) is 0.310. The van der Waals surface area contributed by atoms with E-state index in [1.54, 1.807) is 11.0 Å². The lowest BCUT2D eigenvalue weighted by Gasteiger charge is -2.48. The Morgan fingerprint density at radius 1 is 1.10 bits per heavy atom. The van der Waals surface area contributed by atoms with Gasteiger partial charge in [-0.25, -0.2) is 0 Å². The maximum atomic E-state index is 13.8. The van der Waals surface area contributed by atoms with Gasteiger partial charge >= 0.3 is 0 Å². The number of aromatic amines is 1. The topological polar surface area (TPSA) is 115 Å². The van der Waals surface area contributed by atoms with E-state index in [4.69, 9.17) is 0 Å². The number of aromatic nitrogens is 4. The van der Waals surface area contributed by atoms with Gasteiger partial charge in [-0.2, -0.15) is 5.21 Å². The summed E-state index contributed by atoms with van der Waals surface area (Å²) in [5.41, 5.74) is 0.344. The first kappa shape index (κ1) is 20.1. The van der Waals surface area contributed by atoms with Gasteiger partial charge in [-0.3, -0.25) is 9.59 Å². The summed E-state index contributed by atoms with van der Waals surface area (Å²) < 4.78 is 0. The zero-order valence-electron chi connectivity index (χ0n) is 17.5. The van der Waals surface area contributed by atoms with Crippen LogP contribution in [0.4, 0.5) is 0 Å². The fourth-order valence-corrected chi connectivity index (χ4v) is 5.68. The van der Waals surface area contributed by atoms with Crippen molar-refractivity contribution in [2.45, 2.75) is 69.1 Å². The van der Waals surface area contributed by atoms with Crippen LogP contribution in [0.3, 0.4) is 0 Å². The number of nitrogens with zero attached hydrogens (tertiary/aromatic N) is 5. The Morgan fingerprint density at radius 2 is 1.84 bits per heavy atom. The number of hydrogen-bond acceptors (Lipinski definition) is 6. The summed E-state index contributed by atoms with van der Waals surface area (Å²) in [5, 5.41) is 24.0. The highest BCUT2D eigenvalue weighted by molar-refractivity contribution is 6.03. The van der Waals surface area contributed by atoms with E-state index in [1.807, 2.05) is 23.1 Å². The first-order chi connectivity index (χ1) is 15.1. The molecule has 1 atom stereocenters. The third kappa shape index (κ3) is 3.40. The number of piperidine rings is 1. The van der Waals surface area contributed by atoms with Crippen LogP contribution >= 0.6 is 0 Å². The van der Waals surface area contributed by atoms with Crippen molar-refractivity contribution in [1.82, 2.24) is 30.4 Å². The zero-order chi connectivity index (χ0) is 21.4. The Kier molecular flexibility index (Phi) is 5.21. The van der Waals surface area contributed by atoms with Gasteiger partial charge < -0.3 is 14.9 Å². The molecule has 2 amide bonds. The Bertz CT molecular complexity index is 956. The number of hydrogen-bond donors (Lipinski definition) is 2. The maximum absolute atomic E-state index is 13.8. The van der Waals surface area contributed by atoms with Crippen molar-refractivity contribution < 1.29 is 14.7 Å². The van der Waals surface area contributed by atoms with Gasteiger partial charge in [0.25, 0.3) is 5.91 Å². The molecular weight excluding hydrogens is 396 g/mol. The van der Waals surface area contributed by atoms with Crippen molar-refractivity contribution in [1.29, 1.82) is 0 Å². The molecule has 2 aromatic rings. The standard InChI is InChI=1S/C22H28N6O3/c29-16-9-7-15(8-10-16)27-13-3-11-22(21(27)31)12-4-14-28(22)20(30)18-6-2-1-5-17(18)19-23-25-26-24-19/h1-2,5-6,15-16,29H,3-4,7-14H2,(H,23,24,25,26). The normalized spacial score (nSPS) is 29.0. The van der Waals surface area contributed by atoms with Gasteiger partial charge in [-0.05, 0) is 62.6 Å². The molecule has 1 aliphatic carbocycles. The van der Waals surface area contributed by atoms with E-state index >= 15 is 0 Å².